The molecule has 0 aliphatic carbocycles. The van der Waals surface area contributed by atoms with E-state index in [9.17, 15) is 4.79 Å². The molecule has 1 rings (SSSR count). The van der Waals surface area contributed by atoms with Crippen LogP contribution in [-0.2, 0) is 4.79 Å². The molecule has 3 radical (unpaired) electrons. The van der Waals surface area contributed by atoms with Crippen molar-refractivity contribution >= 4 is 31.6 Å². The number of rotatable bonds is 3. The van der Waals surface area contributed by atoms with Crippen LogP contribution in [0.15, 0.2) is 0 Å². The Morgan fingerprint density at radius 1 is 1.21 bits per heavy atom. The molecule has 14 heavy (non-hydrogen) atoms. The van der Waals surface area contributed by atoms with Gasteiger partial charge in [0.1, 0.15) is 0 Å². The third-order valence-corrected chi connectivity index (χ3v) is 5.27. The number of ketones is 1. The number of hydrogen-bond acceptors (Lipinski definition) is 3. The van der Waals surface area contributed by atoms with E-state index in [2.05, 4.69) is 16.8 Å². The van der Waals surface area contributed by atoms with Gasteiger partial charge in [-0.1, -0.05) is 0 Å². The van der Waals surface area contributed by atoms with Crippen molar-refractivity contribution in [1.29, 1.82) is 0 Å². The van der Waals surface area contributed by atoms with Gasteiger partial charge in [0.25, 0.3) is 0 Å². The summed E-state index contributed by atoms with van der Waals surface area (Å²) in [4.78, 5) is 16.5. The molecule has 1 fully saturated rings. The number of likely N-dealkylation sites (N-methyl/N-ethyl adjacent to an activating group) is 1. The number of nitrogens with zero attached hydrogens (tertiary/aromatic N) is 2. The second-order valence-corrected chi connectivity index (χ2v) is 6.42. The van der Waals surface area contributed by atoms with Crippen molar-refractivity contribution in [2.45, 2.75) is 17.4 Å². The first-order chi connectivity index (χ1) is 6.52. The zero-order valence-corrected chi connectivity index (χ0v) is 13.2. The van der Waals surface area contributed by atoms with Crippen molar-refractivity contribution in [3.8, 4) is 0 Å². The summed E-state index contributed by atoms with van der Waals surface area (Å²) in [5.74, 6) is 0.623. The fourth-order valence-electron chi connectivity index (χ4n) is 1.58. The fourth-order valence-corrected chi connectivity index (χ4v) is 3.88. The second kappa shape index (κ2) is 5.56. The molecule has 0 spiro atoms. The van der Waals surface area contributed by atoms with Crippen molar-refractivity contribution < 1.29 is 4.79 Å². The maximum atomic E-state index is 11.8. The molecule has 1 aliphatic rings. The average molecular weight is 390 g/mol. The SMILES string of the molecule is CC(C)C(=O)[CH]([Pb])N1CCN(C)CC1. The van der Waals surface area contributed by atoms with Gasteiger partial charge in [0, 0.05) is 0 Å². The summed E-state index contributed by atoms with van der Waals surface area (Å²) in [6, 6.07) is 0. The van der Waals surface area contributed by atoms with Crippen molar-refractivity contribution in [2.75, 3.05) is 33.2 Å². The summed E-state index contributed by atoms with van der Waals surface area (Å²) in [7, 11) is 2.14. The van der Waals surface area contributed by atoms with E-state index in [0.29, 0.717) is 5.78 Å². The topological polar surface area (TPSA) is 23.6 Å². The van der Waals surface area contributed by atoms with Crippen LogP contribution in [0.3, 0.4) is 0 Å². The first kappa shape index (κ1) is 12.6. The molecule has 1 aliphatic heterocycles. The molecule has 1 atom stereocenters. The molecular weight excluding hydrogens is 371 g/mol. The minimum absolute atomic E-state index is 0.192. The van der Waals surface area contributed by atoms with Gasteiger partial charge in [-0.25, -0.2) is 0 Å². The van der Waals surface area contributed by atoms with Crippen LogP contribution in [0.5, 0.6) is 0 Å². The number of carbonyl (C=O) groups is 1. The van der Waals surface area contributed by atoms with E-state index < -0.39 is 0 Å². The van der Waals surface area contributed by atoms with Crippen LogP contribution in [-0.4, -0.2) is 78.2 Å². The Hall–Kier alpha value is 0.512. The van der Waals surface area contributed by atoms with Crippen molar-refractivity contribution in [2.24, 2.45) is 5.92 Å². The summed E-state index contributed by atoms with van der Waals surface area (Å²) in [5.41, 5.74) is 0. The maximum absolute atomic E-state index is 11.8. The molecule has 0 aromatic rings. The zero-order valence-electron chi connectivity index (χ0n) is 9.29. The van der Waals surface area contributed by atoms with Gasteiger partial charge in [-0.3, -0.25) is 0 Å². The Kier molecular flexibility index (Phi) is 4.99. The molecule has 0 aromatic heterocycles. The van der Waals surface area contributed by atoms with Gasteiger partial charge in [0.05, 0.1) is 0 Å². The Morgan fingerprint density at radius 2 is 1.71 bits per heavy atom. The van der Waals surface area contributed by atoms with E-state index in [0.717, 1.165) is 51.9 Å². The van der Waals surface area contributed by atoms with Gasteiger partial charge >= 0.3 is 103 Å². The van der Waals surface area contributed by atoms with E-state index in [4.69, 9.17) is 0 Å². The molecule has 0 aromatic carbocycles. The van der Waals surface area contributed by atoms with E-state index in [1.54, 1.807) is 0 Å². The van der Waals surface area contributed by atoms with Gasteiger partial charge < -0.3 is 0 Å². The third-order valence-electron chi connectivity index (χ3n) is 2.74. The summed E-state index contributed by atoms with van der Waals surface area (Å²) >= 11 is 0.963. The molecule has 0 amide bonds. The van der Waals surface area contributed by atoms with Crippen LogP contribution in [0.4, 0.5) is 0 Å². The molecule has 0 N–H and O–H groups in total. The van der Waals surface area contributed by atoms with Crippen LogP contribution in [0, 0.1) is 5.92 Å². The van der Waals surface area contributed by atoms with Crippen LogP contribution < -0.4 is 0 Å². The first-order valence-electron chi connectivity index (χ1n) is 5.20. The van der Waals surface area contributed by atoms with Gasteiger partial charge in [0.2, 0.25) is 0 Å². The molecule has 79 valence electrons. The van der Waals surface area contributed by atoms with E-state index in [-0.39, 0.29) is 9.52 Å². The van der Waals surface area contributed by atoms with Crippen LogP contribution in [0.25, 0.3) is 0 Å². The Bertz CT molecular complexity index is 200. The summed E-state index contributed by atoms with van der Waals surface area (Å²) in [5, 5.41) is 0. The number of piperazine rings is 1. The molecule has 1 heterocycles. The predicted molar refractivity (Wildman–Crippen MR) is 58.5 cm³/mol. The molecule has 1 unspecified atom stereocenters. The van der Waals surface area contributed by atoms with Crippen LogP contribution >= 0.6 is 0 Å². The second-order valence-electron chi connectivity index (χ2n) is 4.30. The fraction of sp³-hybridized carbons (Fsp3) is 0.900. The van der Waals surface area contributed by atoms with Crippen LogP contribution in [0.2, 0.25) is 0 Å². The number of Topliss-reactive ketones (excluding diaryl/α,β-unsaturated/α-hetero) is 1. The van der Waals surface area contributed by atoms with Gasteiger partial charge in [0.15, 0.2) is 0 Å². The molecule has 0 bridgehead atoms. The predicted octanol–water partition coefficient (Wildman–Crippen LogP) is -0.0465. The first-order valence-corrected chi connectivity index (χ1v) is 7.44. The Labute approximate surface area is 103 Å². The summed E-state index contributed by atoms with van der Waals surface area (Å²) < 4.78 is 0.240. The van der Waals surface area contributed by atoms with Gasteiger partial charge in [-0.2, -0.15) is 0 Å². The van der Waals surface area contributed by atoms with E-state index in [1.165, 1.54) is 0 Å². The Morgan fingerprint density at radius 3 is 2.14 bits per heavy atom. The van der Waals surface area contributed by atoms with Crippen molar-refractivity contribution in [1.82, 2.24) is 9.80 Å². The zero-order chi connectivity index (χ0) is 10.7. The van der Waals surface area contributed by atoms with Crippen LogP contribution in [0.1, 0.15) is 13.8 Å². The molecule has 4 heteroatoms. The number of carbonyl (C=O) groups excluding carboxylic acids is 1. The summed E-state index contributed by atoms with van der Waals surface area (Å²) in [6.45, 7) is 8.33. The number of hydrogen-bond donors (Lipinski definition) is 0. The summed E-state index contributed by atoms with van der Waals surface area (Å²) in [6.07, 6.45) is 0. The standard InChI is InChI=1S/C10H19N2O.Pb/c1-9(2)10(13)8-12-6-4-11(3)5-7-12;/h8-9H,4-7H2,1-3H3;. The quantitative estimate of drug-likeness (QED) is 0.632. The van der Waals surface area contributed by atoms with E-state index >= 15 is 0 Å². The Balaban J connectivity index is 2.45. The van der Waals surface area contributed by atoms with Crippen molar-refractivity contribution in [3.05, 3.63) is 0 Å². The molecule has 0 saturated carbocycles. The molecular formula is C10H19N2OPb. The normalized spacial score (nSPS) is 22.6. The average Bonchev–Trinajstić information content (AvgIpc) is 2.16. The van der Waals surface area contributed by atoms with Gasteiger partial charge in [-0.05, 0) is 0 Å². The molecule has 1 saturated heterocycles. The van der Waals surface area contributed by atoms with Gasteiger partial charge in [-0.15, -0.1) is 0 Å². The monoisotopic (exact) mass is 391 g/mol. The van der Waals surface area contributed by atoms with E-state index in [1.807, 2.05) is 13.8 Å². The third kappa shape index (κ3) is 3.27. The molecule has 3 nitrogen and oxygen atoms in total. The minimum atomic E-state index is 0.192. The van der Waals surface area contributed by atoms with Crippen molar-refractivity contribution in [3.63, 3.8) is 0 Å².